The smallest absolute Gasteiger partial charge is 0.142 e. The van der Waals surface area contributed by atoms with Gasteiger partial charge in [-0.2, -0.15) is 11.8 Å². The minimum Gasteiger partial charge on any atom is -0.313 e. The minimum absolute atomic E-state index is 0.295. The molecule has 1 aromatic carbocycles. The number of nitrogens with one attached hydrogen (secondary N) is 1. The Kier molecular flexibility index (Phi) is 5.34. The van der Waals surface area contributed by atoms with Crippen molar-refractivity contribution in [2.75, 3.05) is 18.1 Å². The first kappa shape index (κ1) is 14.2. The van der Waals surface area contributed by atoms with E-state index in [1.807, 2.05) is 17.8 Å². The zero-order chi connectivity index (χ0) is 13.0. The van der Waals surface area contributed by atoms with Gasteiger partial charge in [-0.25, -0.2) is 4.39 Å². The first-order valence-corrected chi connectivity index (χ1v) is 7.99. The van der Waals surface area contributed by atoms with Crippen molar-refractivity contribution in [3.63, 3.8) is 0 Å². The standard InChI is InChI=1S/C14H19ClFNS/c1-2-6-17-13-9-18-8-11(13)7-10-4-3-5-12(16)14(10)15/h3-5,11,13,17H,2,6-9H2,1H3. The Morgan fingerprint density at radius 3 is 3.06 bits per heavy atom. The van der Waals surface area contributed by atoms with Gasteiger partial charge in [-0.1, -0.05) is 30.7 Å². The molecular weight excluding hydrogens is 269 g/mol. The molecule has 0 radical (unpaired) electrons. The van der Waals surface area contributed by atoms with Crippen LogP contribution in [0.25, 0.3) is 0 Å². The average Bonchev–Trinajstić information content (AvgIpc) is 2.80. The third-order valence-electron chi connectivity index (χ3n) is 3.37. The monoisotopic (exact) mass is 287 g/mol. The first-order chi connectivity index (χ1) is 8.72. The molecule has 100 valence electrons. The Balaban J connectivity index is 2.01. The van der Waals surface area contributed by atoms with E-state index >= 15 is 0 Å². The van der Waals surface area contributed by atoms with Crippen LogP contribution in [0.15, 0.2) is 18.2 Å². The maximum Gasteiger partial charge on any atom is 0.142 e. The van der Waals surface area contributed by atoms with Crippen molar-refractivity contribution < 1.29 is 4.39 Å². The lowest BCUT2D eigenvalue weighted by molar-refractivity contribution is 0.425. The van der Waals surface area contributed by atoms with Crippen molar-refractivity contribution in [3.05, 3.63) is 34.6 Å². The van der Waals surface area contributed by atoms with E-state index < -0.39 is 0 Å². The summed E-state index contributed by atoms with van der Waals surface area (Å²) in [5.74, 6) is 2.53. The van der Waals surface area contributed by atoms with E-state index in [0.717, 1.165) is 36.5 Å². The van der Waals surface area contributed by atoms with Crippen LogP contribution in [0.4, 0.5) is 4.39 Å². The van der Waals surface area contributed by atoms with Gasteiger partial charge in [0.1, 0.15) is 5.82 Å². The lowest BCUT2D eigenvalue weighted by Crippen LogP contribution is -2.36. The van der Waals surface area contributed by atoms with Crippen LogP contribution < -0.4 is 5.32 Å². The Morgan fingerprint density at radius 2 is 2.28 bits per heavy atom. The highest BCUT2D eigenvalue weighted by atomic mass is 35.5. The maximum absolute atomic E-state index is 13.4. The number of hydrogen-bond acceptors (Lipinski definition) is 2. The first-order valence-electron chi connectivity index (χ1n) is 6.46. The molecule has 1 heterocycles. The Bertz CT molecular complexity index is 399. The molecule has 18 heavy (non-hydrogen) atoms. The van der Waals surface area contributed by atoms with Crippen molar-refractivity contribution in [2.24, 2.45) is 5.92 Å². The molecule has 1 nitrogen and oxygen atoms in total. The fraction of sp³-hybridized carbons (Fsp3) is 0.571. The zero-order valence-electron chi connectivity index (χ0n) is 10.6. The number of thioether (sulfide) groups is 1. The molecule has 1 aliphatic heterocycles. The van der Waals surface area contributed by atoms with Gasteiger partial charge in [0, 0.05) is 11.8 Å². The van der Waals surface area contributed by atoms with Crippen LogP contribution in [-0.2, 0) is 6.42 Å². The lowest BCUT2D eigenvalue weighted by Gasteiger charge is -2.20. The highest BCUT2D eigenvalue weighted by Crippen LogP contribution is 2.30. The molecule has 2 rings (SSSR count). The van der Waals surface area contributed by atoms with Gasteiger partial charge < -0.3 is 5.32 Å². The summed E-state index contributed by atoms with van der Waals surface area (Å²) in [7, 11) is 0. The summed E-state index contributed by atoms with van der Waals surface area (Å²) in [5.41, 5.74) is 0.937. The van der Waals surface area contributed by atoms with Crippen LogP contribution in [0.5, 0.6) is 0 Å². The molecule has 0 amide bonds. The van der Waals surface area contributed by atoms with E-state index in [1.54, 1.807) is 6.07 Å². The molecule has 1 fully saturated rings. The molecule has 1 aromatic rings. The second kappa shape index (κ2) is 6.78. The quantitative estimate of drug-likeness (QED) is 0.885. The summed E-state index contributed by atoms with van der Waals surface area (Å²) >= 11 is 7.99. The van der Waals surface area contributed by atoms with Gasteiger partial charge in [0.25, 0.3) is 0 Å². The predicted octanol–water partition coefficient (Wildman–Crippen LogP) is 3.75. The fourth-order valence-electron chi connectivity index (χ4n) is 2.34. The van der Waals surface area contributed by atoms with Crippen LogP contribution >= 0.6 is 23.4 Å². The lowest BCUT2D eigenvalue weighted by atomic mass is 9.95. The number of hydrogen-bond donors (Lipinski definition) is 1. The Hall–Kier alpha value is -0.250. The van der Waals surface area contributed by atoms with Crippen molar-refractivity contribution in [2.45, 2.75) is 25.8 Å². The van der Waals surface area contributed by atoms with Crippen molar-refractivity contribution >= 4 is 23.4 Å². The van der Waals surface area contributed by atoms with Gasteiger partial charge >= 0.3 is 0 Å². The summed E-state index contributed by atoms with van der Waals surface area (Å²) in [4.78, 5) is 0. The van der Waals surface area contributed by atoms with E-state index in [4.69, 9.17) is 11.6 Å². The van der Waals surface area contributed by atoms with Crippen LogP contribution in [0.1, 0.15) is 18.9 Å². The molecule has 0 saturated carbocycles. The van der Waals surface area contributed by atoms with Crippen molar-refractivity contribution in [1.29, 1.82) is 0 Å². The van der Waals surface area contributed by atoms with Crippen LogP contribution in [0.3, 0.4) is 0 Å². The second-order valence-electron chi connectivity index (χ2n) is 4.78. The van der Waals surface area contributed by atoms with Gasteiger partial charge in [0.15, 0.2) is 0 Å². The van der Waals surface area contributed by atoms with Crippen molar-refractivity contribution in [3.8, 4) is 0 Å². The molecule has 0 bridgehead atoms. The highest BCUT2D eigenvalue weighted by molar-refractivity contribution is 7.99. The molecule has 2 atom stereocenters. The molecule has 1 saturated heterocycles. The molecule has 0 spiro atoms. The third kappa shape index (κ3) is 3.40. The van der Waals surface area contributed by atoms with Gasteiger partial charge in [0.05, 0.1) is 5.02 Å². The van der Waals surface area contributed by atoms with Gasteiger partial charge in [0.2, 0.25) is 0 Å². The SMILES string of the molecule is CCCNC1CSCC1Cc1cccc(F)c1Cl. The third-order valence-corrected chi connectivity index (χ3v) is 5.05. The molecule has 1 N–H and O–H groups in total. The summed E-state index contributed by atoms with van der Waals surface area (Å²) in [6.45, 7) is 3.23. The number of halogens is 2. The van der Waals surface area contributed by atoms with E-state index in [0.29, 0.717) is 17.0 Å². The largest absolute Gasteiger partial charge is 0.313 e. The minimum atomic E-state index is -0.308. The van der Waals surface area contributed by atoms with Gasteiger partial charge in [-0.15, -0.1) is 0 Å². The predicted molar refractivity (Wildman–Crippen MR) is 78.0 cm³/mol. The maximum atomic E-state index is 13.4. The van der Waals surface area contributed by atoms with E-state index in [1.165, 1.54) is 6.07 Å². The Morgan fingerprint density at radius 1 is 1.44 bits per heavy atom. The van der Waals surface area contributed by atoms with Crippen molar-refractivity contribution in [1.82, 2.24) is 5.32 Å². The molecule has 2 unspecified atom stereocenters. The van der Waals surface area contributed by atoms with Gasteiger partial charge in [-0.05, 0) is 42.7 Å². The summed E-state index contributed by atoms with van der Waals surface area (Å²) in [5, 5.41) is 3.87. The number of rotatable bonds is 5. The normalized spacial score (nSPS) is 23.5. The zero-order valence-corrected chi connectivity index (χ0v) is 12.2. The second-order valence-corrected chi connectivity index (χ2v) is 6.23. The van der Waals surface area contributed by atoms with E-state index in [-0.39, 0.29) is 5.82 Å². The Labute approximate surface area is 117 Å². The summed E-state index contributed by atoms with van der Waals surface area (Å²) in [6.07, 6.45) is 2.01. The topological polar surface area (TPSA) is 12.0 Å². The molecule has 0 aromatic heterocycles. The molecular formula is C14H19ClFNS. The molecule has 1 aliphatic rings. The number of benzene rings is 1. The molecule has 0 aliphatic carbocycles. The molecule has 4 heteroatoms. The van der Waals surface area contributed by atoms with Crippen LogP contribution in [0.2, 0.25) is 5.02 Å². The fourth-order valence-corrected chi connectivity index (χ4v) is 3.98. The highest BCUT2D eigenvalue weighted by Gasteiger charge is 2.28. The average molecular weight is 288 g/mol. The van der Waals surface area contributed by atoms with Crippen LogP contribution in [-0.4, -0.2) is 24.1 Å². The van der Waals surface area contributed by atoms with Crippen LogP contribution in [0, 0.1) is 11.7 Å². The van der Waals surface area contributed by atoms with Gasteiger partial charge in [-0.3, -0.25) is 0 Å². The summed E-state index contributed by atoms with van der Waals surface area (Å²) in [6, 6.07) is 5.63. The van der Waals surface area contributed by atoms with E-state index in [2.05, 4.69) is 12.2 Å². The van der Waals surface area contributed by atoms with E-state index in [9.17, 15) is 4.39 Å². The summed E-state index contributed by atoms with van der Waals surface area (Å²) < 4.78 is 13.4.